The summed E-state index contributed by atoms with van der Waals surface area (Å²) < 4.78 is 1.56. The number of nitrogens with two attached hydrogens (primary N) is 1. The molecule has 1 aromatic heterocycles. The number of benzene rings is 1. The Morgan fingerprint density at radius 3 is 2.68 bits per heavy atom. The molecule has 1 heterocycles. The summed E-state index contributed by atoms with van der Waals surface area (Å²) in [5, 5.41) is 9.93. The quantitative estimate of drug-likeness (QED) is 0.864. The Balaban J connectivity index is 2.38. The van der Waals surface area contributed by atoms with Crippen LogP contribution >= 0.6 is 0 Å². The van der Waals surface area contributed by atoms with Gasteiger partial charge in [0.25, 0.3) is 5.56 Å². The third-order valence-electron chi connectivity index (χ3n) is 3.24. The van der Waals surface area contributed by atoms with Crippen LogP contribution in [0, 0.1) is 0 Å². The number of pyridine rings is 1. The molecule has 0 amide bonds. The van der Waals surface area contributed by atoms with Crippen LogP contribution in [0.3, 0.4) is 0 Å². The van der Waals surface area contributed by atoms with Gasteiger partial charge in [-0.05, 0) is 30.9 Å². The van der Waals surface area contributed by atoms with Crippen molar-refractivity contribution in [2.75, 3.05) is 0 Å². The van der Waals surface area contributed by atoms with Crippen molar-refractivity contribution in [1.82, 2.24) is 4.57 Å². The molecule has 3 N–H and O–H groups in total. The molecule has 0 fully saturated rings. The largest absolute Gasteiger partial charge is 0.480 e. The van der Waals surface area contributed by atoms with Gasteiger partial charge in [-0.25, -0.2) is 0 Å². The number of aromatic nitrogens is 1. The second kappa shape index (κ2) is 4.85. The smallest absolute Gasteiger partial charge is 0.323 e. The first-order valence-corrected chi connectivity index (χ1v) is 6.03. The van der Waals surface area contributed by atoms with E-state index in [0.717, 1.165) is 10.9 Å². The first-order valence-electron chi connectivity index (χ1n) is 6.03. The molecule has 2 aromatic rings. The van der Waals surface area contributed by atoms with Gasteiger partial charge in [0.2, 0.25) is 0 Å². The average molecular weight is 260 g/mol. The minimum atomic E-state index is -1.34. The number of hydrogen-bond acceptors (Lipinski definition) is 3. The fraction of sp³-hybridized carbons (Fsp3) is 0.286. The fourth-order valence-corrected chi connectivity index (χ4v) is 1.93. The minimum absolute atomic E-state index is 0.153. The second-order valence-corrected chi connectivity index (χ2v) is 4.85. The Morgan fingerprint density at radius 1 is 1.32 bits per heavy atom. The lowest BCUT2D eigenvalue weighted by molar-refractivity contribution is -0.143. The molecule has 5 nitrogen and oxygen atoms in total. The van der Waals surface area contributed by atoms with Gasteiger partial charge in [0.15, 0.2) is 0 Å². The van der Waals surface area contributed by atoms with E-state index in [1.807, 2.05) is 24.3 Å². The van der Waals surface area contributed by atoms with Crippen molar-refractivity contribution < 1.29 is 9.90 Å². The van der Waals surface area contributed by atoms with Crippen molar-refractivity contribution in [3.63, 3.8) is 0 Å². The standard InChI is InChI=1S/C14H16N2O3/c1-14(15,13(18)19)8-9-16-11-5-3-2-4-10(11)6-7-12(16)17/h2-7H,8-9,15H2,1H3,(H,18,19). The summed E-state index contributed by atoms with van der Waals surface area (Å²) in [5.74, 6) is -1.07. The van der Waals surface area contributed by atoms with Gasteiger partial charge in [0.05, 0.1) is 5.52 Å². The summed E-state index contributed by atoms with van der Waals surface area (Å²) in [5.41, 5.74) is 4.98. The van der Waals surface area contributed by atoms with Crippen LogP contribution in [0.25, 0.3) is 10.9 Å². The number of carboxylic acid groups (broad SMARTS) is 1. The molecular weight excluding hydrogens is 244 g/mol. The number of rotatable bonds is 4. The van der Waals surface area contributed by atoms with Gasteiger partial charge in [0.1, 0.15) is 5.54 Å². The molecule has 19 heavy (non-hydrogen) atoms. The Bertz CT molecular complexity index is 674. The van der Waals surface area contributed by atoms with Crippen LogP contribution in [0.15, 0.2) is 41.2 Å². The van der Waals surface area contributed by atoms with Crippen molar-refractivity contribution in [2.24, 2.45) is 5.73 Å². The van der Waals surface area contributed by atoms with Crippen LogP contribution in [-0.2, 0) is 11.3 Å². The fourth-order valence-electron chi connectivity index (χ4n) is 1.93. The number of carbonyl (C=O) groups is 1. The normalized spacial score (nSPS) is 14.2. The Kier molecular flexibility index (Phi) is 3.40. The maximum atomic E-state index is 11.9. The van der Waals surface area contributed by atoms with Crippen LogP contribution in [0.1, 0.15) is 13.3 Å². The summed E-state index contributed by atoms with van der Waals surface area (Å²) in [6, 6.07) is 10.7. The summed E-state index contributed by atoms with van der Waals surface area (Å²) in [7, 11) is 0. The second-order valence-electron chi connectivity index (χ2n) is 4.85. The van der Waals surface area contributed by atoms with E-state index in [1.165, 1.54) is 13.0 Å². The van der Waals surface area contributed by atoms with Gasteiger partial charge in [-0.1, -0.05) is 18.2 Å². The van der Waals surface area contributed by atoms with Crippen molar-refractivity contribution in [3.8, 4) is 0 Å². The zero-order valence-corrected chi connectivity index (χ0v) is 10.7. The van der Waals surface area contributed by atoms with E-state index in [2.05, 4.69) is 0 Å². The molecule has 5 heteroatoms. The monoisotopic (exact) mass is 260 g/mol. The van der Waals surface area contributed by atoms with Gasteiger partial charge < -0.3 is 15.4 Å². The molecule has 1 aromatic carbocycles. The van der Waals surface area contributed by atoms with E-state index in [4.69, 9.17) is 10.8 Å². The lowest BCUT2D eigenvalue weighted by atomic mass is 9.99. The Hall–Kier alpha value is -2.14. The highest BCUT2D eigenvalue weighted by atomic mass is 16.4. The van der Waals surface area contributed by atoms with Gasteiger partial charge in [-0.2, -0.15) is 0 Å². The third kappa shape index (κ3) is 2.66. The van der Waals surface area contributed by atoms with E-state index in [0.29, 0.717) is 0 Å². The third-order valence-corrected chi connectivity index (χ3v) is 3.24. The van der Waals surface area contributed by atoms with Crippen LogP contribution in [0.4, 0.5) is 0 Å². The van der Waals surface area contributed by atoms with E-state index in [-0.39, 0.29) is 18.5 Å². The number of aliphatic carboxylic acids is 1. The molecular formula is C14H16N2O3. The van der Waals surface area contributed by atoms with E-state index in [9.17, 15) is 9.59 Å². The molecule has 0 spiro atoms. The van der Waals surface area contributed by atoms with Gasteiger partial charge in [-0.3, -0.25) is 9.59 Å². The predicted molar refractivity (Wildman–Crippen MR) is 73.1 cm³/mol. The SMILES string of the molecule is CC(N)(CCn1c(=O)ccc2ccccc21)C(=O)O. The zero-order valence-electron chi connectivity index (χ0n) is 10.7. The lowest BCUT2D eigenvalue weighted by Crippen LogP contribution is -2.46. The molecule has 0 saturated carbocycles. The predicted octanol–water partition coefficient (Wildman–Crippen LogP) is 1.19. The number of fused-ring (bicyclic) bond motifs is 1. The summed E-state index contributed by atoms with van der Waals surface area (Å²) in [6.45, 7) is 1.73. The Labute approximate surface area is 110 Å². The molecule has 0 aliphatic rings. The van der Waals surface area contributed by atoms with E-state index >= 15 is 0 Å². The summed E-state index contributed by atoms with van der Waals surface area (Å²) in [4.78, 5) is 22.9. The maximum Gasteiger partial charge on any atom is 0.323 e. The minimum Gasteiger partial charge on any atom is -0.480 e. The van der Waals surface area contributed by atoms with E-state index in [1.54, 1.807) is 10.6 Å². The number of hydrogen-bond donors (Lipinski definition) is 2. The van der Waals surface area contributed by atoms with Crippen molar-refractivity contribution in [2.45, 2.75) is 25.4 Å². The van der Waals surface area contributed by atoms with Crippen molar-refractivity contribution in [3.05, 3.63) is 46.8 Å². The van der Waals surface area contributed by atoms with Crippen molar-refractivity contribution in [1.29, 1.82) is 0 Å². The molecule has 100 valence electrons. The van der Waals surface area contributed by atoms with Crippen LogP contribution in [0.5, 0.6) is 0 Å². The average Bonchev–Trinajstić information content (AvgIpc) is 2.37. The summed E-state index contributed by atoms with van der Waals surface area (Å²) >= 11 is 0. The molecule has 0 aliphatic carbocycles. The highest BCUT2D eigenvalue weighted by Crippen LogP contribution is 2.13. The highest BCUT2D eigenvalue weighted by molar-refractivity contribution is 5.79. The molecule has 2 rings (SSSR count). The first-order chi connectivity index (χ1) is 8.92. The number of nitrogens with zero attached hydrogens (tertiary/aromatic N) is 1. The van der Waals surface area contributed by atoms with Crippen LogP contribution in [0.2, 0.25) is 0 Å². The van der Waals surface area contributed by atoms with Crippen LogP contribution in [-0.4, -0.2) is 21.2 Å². The molecule has 0 radical (unpaired) electrons. The summed E-state index contributed by atoms with van der Waals surface area (Å²) in [6.07, 6.45) is 0.191. The molecule has 1 atom stereocenters. The zero-order chi connectivity index (χ0) is 14.0. The molecule has 0 bridgehead atoms. The number of aryl methyl sites for hydroxylation is 1. The molecule has 0 aliphatic heterocycles. The van der Waals surface area contributed by atoms with Gasteiger partial charge in [-0.15, -0.1) is 0 Å². The molecule has 1 unspecified atom stereocenters. The van der Waals surface area contributed by atoms with Gasteiger partial charge >= 0.3 is 5.97 Å². The highest BCUT2D eigenvalue weighted by Gasteiger charge is 2.27. The van der Waals surface area contributed by atoms with Crippen molar-refractivity contribution >= 4 is 16.9 Å². The topological polar surface area (TPSA) is 85.3 Å². The van der Waals surface area contributed by atoms with Gasteiger partial charge in [0, 0.05) is 12.6 Å². The maximum absolute atomic E-state index is 11.9. The lowest BCUT2D eigenvalue weighted by Gasteiger charge is -2.20. The Morgan fingerprint density at radius 2 is 2.00 bits per heavy atom. The van der Waals surface area contributed by atoms with E-state index < -0.39 is 11.5 Å². The number of carboxylic acids is 1. The van der Waals surface area contributed by atoms with Crippen LogP contribution < -0.4 is 11.3 Å². The first kappa shape index (κ1) is 13.3. The number of para-hydroxylation sites is 1. The molecule has 0 saturated heterocycles.